The van der Waals surface area contributed by atoms with E-state index in [-0.39, 0.29) is 6.03 Å². The second-order valence-corrected chi connectivity index (χ2v) is 4.91. The largest absolute Gasteiger partial charge is 0.336 e. The van der Waals surface area contributed by atoms with E-state index in [1.807, 2.05) is 4.90 Å². The molecular weight excluding hydrogens is 218 g/mol. The smallest absolute Gasteiger partial charge is 0.317 e. The van der Waals surface area contributed by atoms with Crippen molar-refractivity contribution >= 4 is 6.03 Å². The highest BCUT2D eigenvalue weighted by Crippen LogP contribution is 2.08. The molecule has 98 valence electrons. The first-order valence-corrected chi connectivity index (χ1v) is 6.36. The Kier molecular flexibility index (Phi) is 4.20. The second-order valence-electron chi connectivity index (χ2n) is 4.91. The minimum atomic E-state index is 0.0726. The van der Waals surface area contributed by atoms with E-state index in [9.17, 15) is 4.79 Å². The molecule has 0 saturated carbocycles. The van der Waals surface area contributed by atoms with E-state index < -0.39 is 0 Å². The Morgan fingerprint density at radius 1 is 1.35 bits per heavy atom. The summed E-state index contributed by atoms with van der Waals surface area (Å²) >= 11 is 0. The molecule has 6 nitrogen and oxygen atoms in total. The van der Waals surface area contributed by atoms with E-state index in [0.29, 0.717) is 12.6 Å². The molecule has 3 N–H and O–H groups in total. The predicted molar refractivity (Wildman–Crippen MR) is 66.9 cm³/mol. The standard InChI is InChI=1S/C11H23N5O/c1-14-4-5-15(10(8-12)9-14)6-7-16-3-2-13-11(16)17/h10H,2-9,12H2,1H3,(H,13,17). The number of likely N-dealkylation sites (N-methyl/N-ethyl adjacent to an activating group) is 1. The van der Waals surface area contributed by atoms with Gasteiger partial charge in [-0.25, -0.2) is 4.79 Å². The Bertz CT molecular complexity index is 273. The average Bonchev–Trinajstić information content (AvgIpc) is 2.73. The number of amides is 2. The van der Waals surface area contributed by atoms with Gasteiger partial charge >= 0.3 is 6.03 Å². The van der Waals surface area contributed by atoms with Gasteiger partial charge in [0.15, 0.2) is 0 Å². The molecule has 2 fully saturated rings. The molecule has 0 aromatic rings. The van der Waals surface area contributed by atoms with Gasteiger partial charge in [-0.2, -0.15) is 0 Å². The van der Waals surface area contributed by atoms with Gasteiger partial charge in [0, 0.05) is 58.4 Å². The van der Waals surface area contributed by atoms with Crippen molar-refractivity contribution < 1.29 is 4.79 Å². The Balaban J connectivity index is 1.79. The van der Waals surface area contributed by atoms with Crippen LogP contribution in [0.1, 0.15) is 0 Å². The van der Waals surface area contributed by atoms with Crippen molar-refractivity contribution in [3.63, 3.8) is 0 Å². The molecule has 2 amide bonds. The predicted octanol–water partition coefficient (Wildman–Crippen LogP) is -1.41. The highest BCUT2D eigenvalue weighted by Gasteiger charge is 2.26. The number of nitrogens with zero attached hydrogens (tertiary/aromatic N) is 3. The highest BCUT2D eigenvalue weighted by atomic mass is 16.2. The lowest BCUT2D eigenvalue weighted by molar-refractivity contribution is 0.0879. The third-order valence-electron chi connectivity index (χ3n) is 3.68. The lowest BCUT2D eigenvalue weighted by Crippen LogP contribution is -2.56. The SMILES string of the molecule is CN1CCN(CCN2CCNC2=O)C(CN)C1. The Morgan fingerprint density at radius 3 is 2.82 bits per heavy atom. The van der Waals surface area contributed by atoms with Gasteiger partial charge in [0.05, 0.1) is 0 Å². The molecule has 1 atom stereocenters. The molecule has 0 bridgehead atoms. The topological polar surface area (TPSA) is 64.8 Å². The van der Waals surface area contributed by atoms with E-state index in [0.717, 1.165) is 45.8 Å². The van der Waals surface area contributed by atoms with Gasteiger partial charge in [-0.3, -0.25) is 4.90 Å². The first kappa shape index (κ1) is 12.6. The third kappa shape index (κ3) is 3.08. The number of carbonyl (C=O) groups is 1. The Hall–Kier alpha value is -0.850. The summed E-state index contributed by atoms with van der Waals surface area (Å²) in [7, 11) is 2.13. The number of rotatable bonds is 4. The summed E-state index contributed by atoms with van der Waals surface area (Å²) in [4.78, 5) is 18.0. The molecule has 0 radical (unpaired) electrons. The van der Waals surface area contributed by atoms with Crippen LogP contribution >= 0.6 is 0 Å². The van der Waals surface area contributed by atoms with Gasteiger partial charge in [0.25, 0.3) is 0 Å². The molecule has 2 rings (SSSR count). The summed E-state index contributed by atoms with van der Waals surface area (Å²) in [5, 5.41) is 2.83. The summed E-state index contributed by atoms with van der Waals surface area (Å²) in [6.45, 7) is 7.21. The maximum absolute atomic E-state index is 11.4. The number of hydrogen-bond donors (Lipinski definition) is 2. The first-order chi connectivity index (χ1) is 8.20. The maximum Gasteiger partial charge on any atom is 0.317 e. The molecule has 2 saturated heterocycles. The first-order valence-electron chi connectivity index (χ1n) is 6.36. The van der Waals surface area contributed by atoms with Crippen LogP contribution in [-0.2, 0) is 0 Å². The molecule has 1 unspecified atom stereocenters. The fourth-order valence-electron chi connectivity index (χ4n) is 2.54. The third-order valence-corrected chi connectivity index (χ3v) is 3.68. The van der Waals surface area contributed by atoms with Gasteiger partial charge in [-0.15, -0.1) is 0 Å². The van der Waals surface area contributed by atoms with Crippen LogP contribution < -0.4 is 11.1 Å². The molecule has 0 aromatic carbocycles. The van der Waals surface area contributed by atoms with Crippen LogP contribution in [-0.4, -0.2) is 86.2 Å². The molecule has 2 heterocycles. The molecule has 2 aliphatic rings. The van der Waals surface area contributed by atoms with Crippen LogP contribution in [0.5, 0.6) is 0 Å². The quantitative estimate of drug-likeness (QED) is 0.634. The Labute approximate surface area is 103 Å². The summed E-state index contributed by atoms with van der Waals surface area (Å²) < 4.78 is 0. The molecular formula is C11H23N5O. The van der Waals surface area contributed by atoms with E-state index >= 15 is 0 Å². The Morgan fingerprint density at radius 2 is 2.18 bits per heavy atom. The number of piperazine rings is 1. The van der Waals surface area contributed by atoms with Crippen molar-refractivity contribution in [2.45, 2.75) is 6.04 Å². The van der Waals surface area contributed by atoms with Crippen molar-refractivity contribution in [2.75, 3.05) is 59.4 Å². The minimum Gasteiger partial charge on any atom is -0.336 e. The van der Waals surface area contributed by atoms with Crippen molar-refractivity contribution in [3.8, 4) is 0 Å². The fourth-order valence-corrected chi connectivity index (χ4v) is 2.54. The van der Waals surface area contributed by atoms with E-state index in [1.165, 1.54) is 0 Å². The normalized spacial score (nSPS) is 27.5. The summed E-state index contributed by atoms with van der Waals surface area (Å²) in [5.74, 6) is 0. The maximum atomic E-state index is 11.4. The molecule has 0 aromatic heterocycles. The van der Waals surface area contributed by atoms with Crippen molar-refractivity contribution in [3.05, 3.63) is 0 Å². The van der Waals surface area contributed by atoms with Crippen LogP contribution in [0.25, 0.3) is 0 Å². The van der Waals surface area contributed by atoms with Gasteiger partial charge in [0.2, 0.25) is 0 Å². The minimum absolute atomic E-state index is 0.0726. The summed E-state index contributed by atoms with van der Waals surface area (Å²) in [6.07, 6.45) is 0. The van der Waals surface area contributed by atoms with Crippen LogP contribution in [0.15, 0.2) is 0 Å². The summed E-state index contributed by atoms with van der Waals surface area (Å²) in [5.41, 5.74) is 5.81. The van der Waals surface area contributed by atoms with Crippen molar-refractivity contribution in [2.24, 2.45) is 5.73 Å². The van der Waals surface area contributed by atoms with Crippen molar-refractivity contribution in [1.29, 1.82) is 0 Å². The molecule has 0 aliphatic carbocycles. The van der Waals surface area contributed by atoms with Gasteiger partial charge in [-0.1, -0.05) is 0 Å². The average molecular weight is 241 g/mol. The van der Waals surface area contributed by atoms with Crippen LogP contribution in [0.2, 0.25) is 0 Å². The van der Waals surface area contributed by atoms with Crippen LogP contribution in [0.3, 0.4) is 0 Å². The van der Waals surface area contributed by atoms with Gasteiger partial charge in [-0.05, 0) is 7.05 Å². The lowest BCUT2D eigenvalue weighted by atomic mass is 10.1. The zero-order valence-electron chi connectivity index (χ0n) is 10.6. The lowest BCUT2D eigenvalue weighted by Gasteiger charge is -2.40. The second kappa shape index (κ2) is 5.66. The number of carbonyl (C=O) groups excluding carboxylic acids is 1. The molecule has 2 aliphatic heterocycles. The number of hydrogen-bond acceptors (Lipinski definition) is 4. The number of nitrogens with one attached hydrogen (secondary N) is 1. The molecule has 0 spiro atoms. The fraction of sp³-hybridized carbons (Fsp3) is 0.909. The highest BCUT2D eigenvalue weighted by molar-refractivity contribution is 5.76. The number of urea groups is 1. The molecule has 6 heteroatoms. The van der Waals surface area contributed by atoms with Crippen LogP contribution in [0.4, 0.5) is 4.79 Å². The van der Waals surface area contributed by atoms with E-state index in [4.69, 9.17) is 5.73 Å². The van der Waals surface area contributed by atoms with E-state index in [1.54, 1.807) is 0 Å². The zero-order valence-corrected chi connectivity index (χ0v) is 10.6. The summed E-state index contributed by atoms with van der Waals surface area (Å²) in [6, 6.07) is 0.503. The zero-order chi connectivity index (χ0) is 12.3. The van der Waals surface area contributed by atoms with Gasteiger partial charge < -0.3 is 20.9 Å². The number of nitrogens with two attached hydrogens (primary N) is 1. The molecule has 17 heavy (non-hydrogen) atoms. The van der Waals surface area contributed by atoms with Crippen molar-refractivity contribution in [1.82, 2.24) is 20.0 Å². The van der Waals surface area contributed by atoms with E-state index in [2.05, 4.69) is 22.2 Å². The monoisotopic (exact) mass is 241 g/mol. The van der Waals surface area contributed by atoms with Crippen LogP contribution in [0, 0.1) is 0 Å². The van der Waals surface area contributed by atoms with Gasteiger partial charge in [0.1, 0.15) is 0 Å².